The molecule has 0 radical (unpaired) electrons. The predicted molar refractivity (Wildman–Crippen MR) is 67.2 cm³/mol. The van der Waals surface area contributed by atoms with Gasteiger partial charge in [0.05, 0.1) is 18.3 Å². The van der Waals surface area contributed by atoms with Gasteiger partial charge in [0, 0.05) is 6.07 Å². The monoisotopic (exact) mass is 252 g/mol. The summed E-state index contributed by atoms with van der Waals surface area (Å²) in [5.41, 5.74) is 0.511. The van der Waals surface area contributed by atoms with Crippen molar-refractivity contribution in [3.8, 4) is 5.75 Å². The van der Waals surface area contributed by atoms with Gasteiger partial charge >= 0.3 is 0 Å². The van der Waals surface area contributed by atoms with Gasteiger partial charge in [-0.3, -0.25) is 4.79 Å². The van der Waals surface area contributed by atoms with Crippen LogP contribution in [0.5, 0.6) is 5.75 Å². The first-order chi connectivity index (χ1) is 8.70. The average Bonchev–Trinajstić information content (AvgIpc) is 2.86. The lowest BCUT2D eigenvalue weighted by Gasteiger charge is -2.14. The van der Waals surface area contributed by atoms with Crippen molar-refractivity contribution >= 4 is 11.6 Å². The molecular weight excluding hydrogens is 235 g/mol. The molecule has 5 heteroatoms. The standard InChI is InChI=1S/C13H17FN2O2/c1-2-18-12-8-9(14)5-6-10(12)16-13(17)11-4-3-7-15-11/h5-6,8,11,15H,2-4,7H2,1H3,(H,16,17). The Bertz CT molecular complexity index is 431. The van der Waals surface area contributed by atoms with Crippen molar-refractivity contribution in [1.82, 2.24) is 5.32 Å². The van der Waals surface area contributed by atoms with Gasteiger partial charge in [0.2, 0.25) is 5.91 Å². The van der Waals surface area contributed by atoms with Gasteiger partial charge in [-0.15, -0.1) is 0 Å². The lowest BCUT2D eigenvalue weighted by Crippen LogP contribution is -2.35. The molecule has 0 aliphatic carbocycles. The molecule has 1 amide bonds. The zero-order valence-electron chi connectivity index (χ0n) is 10.3. The minimum Gasteiger partial charge on any atom is -0.492 e. The number of carbonyl (C=O) groups excluding carboxylic acids is 1. The summed E-state index contributed by atoms with van der Waals surface area (Å²) in [4.78, 5) is 11.9. The van der Waals surface area contributed by atoms with Crippen molar-refractivity contribution in [3.63, 3.8) is 0 Å². The first-order valence-corrected chi connectivity index (χ1v) is 6.17. The van der Waals surface area contributed by atoms with Gasteiger partial charge in [0.25, 0.3) is 0 Å². The summed E-state index contributed by atoms with van der Waals surface area (Å²) in [6, 6.07) is 3.94. The van der Waals surface area contributed by atoms with Crippen LogP contribution >= 0.6 is 0 Å². The van der Waals surface area contributed by atoms with Crippen molar-refractivity contribution in [3.05, 3.63) is 24.0 Å². The summed E-state index contributed by atoms with van der Waals surface area (Å²) in [5, 5.41) is 5.88. The summed E-state index contributed by atoms with van der Waals surface area (Å²) in [6.07, 6.45) is 1.83. The van der Waals surface area contributed by atoms with Gasteiger partial charge in [0.15, 0.2) is 0 Å². The molecular formula is C13H17FN2O2. The third-order valence-corrected chi connectivity index (χ3v) is 2.88. The second-order valence-corrected chi connectivity index (χ2v) is 4.21. The van der Waals surface area contributed by atoms with E-state index in [1.165, 1.54) is 18.2 Å². The van der Waals surface area contributed by atoms with E-state index in [2.05, 4.69) is 10.6 Å². The van der Waals surface area contributed by atoms with Crippen LogP contribution in [0.4, 0.5) is 10.1 Å². The molecule has 0 bridgehead atoms. The molecule has 2 rings (SSSR count). The predicted octanol–water partition coefficient (Wildman–Crippen LogP) is 1.91. The van der Waals surface area contributed by atoms with Crippen molar-refractivity contribution in [2.24, 2.45) is 0 Å². The summed E-state index contributed by atoms with van der Waals surface area (Å²) in [5.74, 6) is -0.112. The Morgan fingerprint density at radius 3 is 3.11 bits per heavy atom. The number of anilines is 1. The molecule has 1 saturated heterocycles. The quantitative estimate of drug-likeness (QED) is 0.860. The van der Waals surface area contributed by atoms with E-state index in [0.717, 1.165) is 19.4 Å². The topological polar surface area (TPSA) is 50.4 Å². The highest BCUT2D eigenvalue weighted by Crippen LogP contribution is 2.26. The number of halogens is 1. The lowest BCUT2D eigenvalue weighted by atomic mass is 10.2. The third-order valence-electron chi connectivity index (χ3n) is 2.88. The van der Waals surface area contributed by atoms with E-state index in [4.69, 9.17) is 4.74 Å². The molecule has 98 valence electrons. The highest BCUT2D eigenvalue weighted by molar-refractivity contribution is 5.96. The molecule has 0 saturated carbocycles. The van der Waals surface area contributed by atoms with Crippen molar-refractivity contribution in [2.45, 2.75) is 25.8 Å². The molecule has 1 unspecified atom stereocenters. The van der Waals surface area contributed by atoms with Crippen LogP contribution in [-0.4, -0.2) is 25.1 Å². The smallest absolute Gasteiger partial charge is 0.241 e. The fourth-order valence-electron chi connectivity index (χ4n) is 2.00. The Morgan fingerprint density at radius 2 is 2.44 bits per heavy atom. The van der Waals surface area contributed by atoms with Gasteiger partial charge < -0.3 is 15.4 Å². The second kappa shape index (κ2) is 5.82. The molecule has 18 heavy (non-hydrogen) atoms. The molecule has 1 aromatic carbocycles. The normalized spacial score (nSPS) is 18.7. The zero-order chi connectivity index (χ0) is 13.0. The molecule has 0 spiro atoms. The maximum atomic E-state index is 13.1. The van der Waals surface area contributed by atoms with Crippen LogP contribution in [0.2, 0.25) is 0 Å². The van der Waals surface area contributed by atoms with Crippen molar-refractivity contribution < 1.29 is 13.9 Å². The van der Waals surface area contributed by atoms with Crippen LogP contribution in [0.25, 0.3) is 0 Å². The number of benzene rings is 1. The maximum absolute atomic E-state index is 13.1. The average molecular weight is 252 g/mol. The lowest BCUT2D eigenvalue weighted by molar-refractivity contribution is -0.117. The van der Waals surface area contributed by atoms with Crippen LogP contribution in [0.15, 0.2) is 18.2 Å². The molecule has 4 nitrogen and oxygen atoms in total. The molecule has 1 heterocycles. The largest absolute Gasteiger partial charge is 0.492 e. The first kappa shape index (κ1) is 12.8. The van der Waals surface area contributed by atoms with Gasteiger partial charge in [-0.2, -0.15) is 0 Å². The van der Waals surface area contributed by atoms with E-state index >= 15 is 0 Å². The van der Waals surface area contributed by atoms with Gasteiger partial charge in [-0.25, -0.2) is 4.39 Å². The molecule has 1 atom stereocenters. The highest BCUT2D eigenvalue weighted by Gasteiger charge is 2.22. The van der Waals surface area contributed by atoms with Gasteiger partial charge in [-0.05, 0) is 38.4 Å². The number of amides is 1. The van der Waals surface area contributed by atoms with E-state index in [0.29, 0.717) is 18.0 Å². The minimum absolute atomic E-state index is 0.0972. The molecule has 1 aromatic rings. The maximum Gasteiger partial charge on any atom is 0.241 e. The van der Waals surface area contributed by atoms with Crippen molar-refractivity contribution in [1.29, 1.82) is 0 Å². The van der Waals surface area contributed by atoms with Gasteiger partial charge in [0.1, 0.15) is 11.6 Å². The number of hydrogen-bond donors (Lipinski definition) is 2. The Hall–Kier alpha value is -1.62. The number of hydrogen-bond acceptors (Lipinski definition) is 3. The minimum atomic E-state index is -0.379. The van der Waals surface area contributed by atoms with E-state index < -0.39 is 0 Å². The molecule has 1 aliphatic rings. The van der Waals surface area contributed by atoms with E-state index in [1.54, 1.807) is 0 Å². The van der Waals surface area contributed by atoms with Crippen LogP contribution in [0, 0.1) is 5.82 Å². The fourth-order valence-corrected chi connectivity index (χ4v) is 2.00. The van der Waals surface area contributed by atoms with E-state index in [9.17, 15) is 9.18 Å². The van der Waals surface area contributed by atoms with Crippen LogP contribution in [-0.2, 0) is 4.79 Å². The van der Waals surface area contributed by atoms with Crippen LogP contribution < -0.4 is 15.4 Å². The molecule has 2 N–H and O–H groups in total. The fraction of sp³-hybridized carbons (Fsp3) is 0.462. The molecule has 1 fully saturated rings. The van der Waals surface area contributed by atoms with Crippen molar-refractivity contribution in [2.75, 3.05) is 18.5 Å². The number of carbonyl (C=O) groups is 1. The Morgan fingerprint density at radius 1 is 1.61 bits per heavy atom. The Kier molecular flexibility index (Phi) is 4.15. The van der Waals surface area contributed by atoms with Crippen LogP contribution in [0.1, 0.15) is 19.8 Å². The number of nitrogens with one attached hydrogen (secondary N) is 2. The SMILES string of the molecule is CCOc1cc(F)ccc1NC(=O)C1CCCN1. The summed E-state index contributed by atoms with van der Waals surface area (Å²) < 4.78 is 18.4. The van der Waals surface area contributed by atoms with Crippen LogP contribution in [0.3, 0.4) is 0 Å². The Balaban J connectivity index is 2.09. The summed E-state index contributed by atoms with van der Waals surface area (Å²) >= 11 is 0. The van der Waals surface area contributed by atoms with E-state index in [1.807, 2.05) is 6.92 Å². The summed E-state index contributed by atoms with van der Waals surface area (Å²) in [7, 11) is 0. The third kappa shape index (κ3) is 2.98. The zero-order valence-corrected chi connectivity index (χ0v) is 10.3. The highest BCUT2D eigenvalue weighted by atomic mass is 19.1. The molecule has 1 aliphatic heterocycles. The first-order valence-electron chi connectivity index (χ1n) is 6.17. The number of ether oxygens (including phenoxy) is 1. The molecule has 0 aromatic heterocycles. The Labute approximate surface area is 106 Å². The number of rotatable bonds is 4. The van der Waals surface area contributed by atoms with E-state index in [-0.39, 0.29) is 17.8 Å². The second-order valence-electron chi connectivity index (χ2n) is 4.21. The summed E-state index contributed by atoms with van der Waals surface area (Å²) in [6.45, 7) is 3.10. The van der Waals surface area contributed by atoms with Gasteiger partial charge in [-0.1, -0.05) is 0 Å².